The van der Waals surface area contributed by atoms with Crippen LogP contribution < -0.4 is 10.1 Å². The Morgan fingerprint density at radius 3 is 2.54 bits per heavy atom. The van der Waals surface area contributed by atoms with Crippen LogP contribution in [0.4, 0.5) is 5.69 Å². The van der Waals surface area contributed by atoms with Crippen LogP contribution in [0, 0.1) is 17.2 Å². The largest absolute Gasteiger partial charge is 0.491 e. The SMILES string of the molecule is CCCO[C@](C)(CC(C)C)C(=O)Nc1ccc(O[C@@H](C)CC)cc1C#N. The van der Waals surface area contributed by atoms with Crippen LogP contribution in [0.5, 0.6) is 5.75 Å². The highest BCUT2D eigenvalue weighted by Crippen LogP contribution is 2.27. The minimum absolute atomic E-state index is 0.0683. The maximum absolute atomic E-state index is 12.9. The number of nitrogens with zero attached hydrogens (tertiary/aromatic N) is 1. The third-order valence-corrected chi connectivity index (χ3v) is 4.17. The highest BCUT2D eigenvalue weighted by molar-refractivity contribution is 5.98. The normalized spacial score (nSPS) is 14.4. The topological polar surface area (TPSA) is 71.3 Å². The van der Waals surface area contributed by atoms with E-state index in [4.69, 9.17) is 9.47 Å². The average Bonchev–Trinajstić information content (AvgIpc) is 2.60. The van der Waals surface area contributed by atoms with E-state index in [0.29, 0.717) is 35.9 Å². The molecule has 0 aromatic heterocycles. The summed E-state index contributed by atoms with van der Waals surface area (Å²) in [5, 5.41) is 12.3. The molecule has 26 heavy (non-hydrogen) atoms. The third kappa shape index (κ3) is 6.34. The molecule has 0 unspecified atom stereocenters. The molecule has 0 radical (unpaired) electrons. The van der Waals surface area contributed by atoms with Crippen molar-refractivity contribution in [3.05, 3.63) is 23.8 Å². The van der Waals surface area contributed by atoms with E-state index >= 15 is 0 Å². The summed E-state index contributed by atoms with van der Waals surface area (Å²) in [5.41, 5.74) is -0.0754. The molecule has 2 atom stereocenters. The fourth-order valence-electron chi connectivity index (χ4n) is 2.69. The van der Waals surface area contributed by atoms with Crippen LogP contribution in [0.2, 0.25) is 0 Å². The number of hydrogen-bond acceptors (Lipinski definition) is 4. The highest BCUT2D eigenvalue weighted by Gasteiger charge is 2.35. The minimum Gasteiger partial charge on any atom is -0.491 e. The smallest absolute Gasteiger partial charge is 0.256 e. The molecular formula is C21H32N2O3. The molecule has 1 rings (SSSR count). The van der Waals surface area contributed by atoms with Crippen LogP contribution in [0.3, 0.4) is 0 Å². The lowest BCUT2D eigenvalue weighted by molar-refractivity contribution is -0.141. The maximum atomic E-state index is 12.9. The summed E-state index contributed by atoms with van der Waals surface area (Å²) in [4.78, 5) is 12.9. The number of nitrogens with one attached hydrogen (secondary N) is 1. The Bertz CT molecular complexity index is 637. The van der Waals surface area contributed by atoms with E-state index in [1.807, 2.05) is 27.7 Å². The lowest BCUT2D eigenvalue weighted by Crippen LogP contribution is -2.44. The summed E-state index contributed by atoms with van der Waals surface area (Å²) in [6.07, 6.45) is 2.39. The van der Waals surface area contributed by atoms with Crippen molar-refractivity contribution in [3.8, 4) is 11.8 Å². The summed E-state index contributed by atoms with van der Waals surface area (Å²) < 4.78 is 11.6. The number of hydrogen-bond donors (Lipinski definition) is 1. The van der Waals surface area contributed by atoms with Crippen LogP contribution in [0.1, 0.15) is 66.4 Å². The standard InChI is InChI=1S/C21H32N2O3/c1-7-11-25-21(6,13-15(3)4)20(24)23-19-10-9-18(12-17(19)14-22)26-16(5)8-2/h9-10,12,15-16H,7-8,11,13H2,1-6H3,(H,23,24)/t16-,21+/m0/s1. The van der Waals surface area contributed by atoms with E-state index in [9.17, 15) is 10.1 Å². The minimum atomic E-state index is -0.928. The number of anilines is 1. The molecule has 5 heteroatoms. The average molecular weight is 360 g/mol. The van der Waals surface area contributed by atoms with Gasteiger partial charge in [0.15, 0.2) is 0 Å². The fraction of sp³-hybridized carbons (Fsp3) is 0.619. The van der Waals surface area contributed by atoms with Gasteiger partial charge in [-0.15, -0.1) is 0 Å². The van der Waals surface area contributed by atoms with Crippen molar-refractivity contribution in [2.24, 2.45) is 5.92 Å². The van der Waals surface area contributed by atoms with E-state index in [1.165, 1.54) is 0 Å². The number of benzene rings is 1. The van der Waals surface area contributed by atoms with Crippen molar-refractivity contribution >= 4 is 11.6 Å². The number of amides is 1. The molecule has 5 nitrogen and oxygen atoms in total. The van der Waals surface area contributed by atoms with Gasteiger partial charge in [0.05, 0.1) is 17.4 Å². The number of carbonyl (C=O) groups excluding carboxylic acids is 1. The molecule has 0 saturated heterocycles. The van der Waals surface area contributed by atoms with Crippen LogP contribution in [-0.2, 0) is 9.53 Å². The number of carbonyl (C=O) groups is 1. The number of ether oxygens (including phenoxy) is 2. The Kier molecular flexibility index (Phi) is 8.60. The van der Waals surface area contributed by atoms with E-state index in [0.717, 1.165) is 12.8 Å². The van der Waals surface area contributed by atoms with Gasteiger partial charge in [0.25, 0.3) is 5.91 Å². The van der Waals surface area contributed by atoms with Crippen LogP contribution in [0.15, 0.2) is 18.2 Å². The third-order valence-electron chi connectivity index (χ3n) is 4.17. The van der Waals surface area contributed by atoms with Crippen molar-refractivity contribution in [1.82, 2.24) is 0 Å². The predicted octanol–water partition coefficient (Wildman–Crippen LogP) is 4.91. The molecule has 1 N–H and O–H groups in total. The van der Waals surface area contributed by atoms with E-state index < -0.39 is 5.60 Å². The van der Waals surface area contributed by atoms with E-state index in [-0.39, 0.29) is 12.0 Å². The summed E-state index contributed by atoms with van der Waals surface area (Å²) in [6, 6.07) is 7.28. The predicted molar refractivity (Wildman–Crippen MR) is 104 cm³/mol. The first-order chi connectivity index (χ1) is 12.3. The second-order valence-corrected chi connectivity index (χ2v) is 7.29. The second-order valence-electron chi connectivity index (χ2n) is 7.29. The molecule has 0 aliphatic heterocycles. The van der Waals surface area contributed by atoms with Gasteiger partial charge in [-0.2, -0.15) is 5.26 Å². The van der Waals surface area contributed by atoms with E-state index in [2.05, 4.69) is 25.2 Å². The first kappa shape index (κ1) is 22.0. The van der Waals surface area contributed by atoms with Gasteiger partial charge in [-0.3, -0.25) is 4.79 Å². The summed E-state index contributed by atoms with van der Waals surface area (Å²) in [6.45, 7) is 12.5. The molecule has 0 aliphatic carbocycles. The molecule has 1 amide bonds. The van der Waals surface area contributed by atoms with Gasteiger partial charge in [0.2, 0.25) is 0 Å². The molecular weight excluding hydrogens is 328 g/mol. The van der Waals surface area contributed by atoms with Crippen molar-refractivity contribution < 1.29 is 14.3 Å². The van der Waals surface area contributed by atoms with Gasteiger partial charge in [-0.05, 0) is 51.2 Å². The lowest BCUT2D eigenvalue weighted by Gasteiger charge is -2.30. The molecule has 0 fully saturated rings. The number of rotatable bonds is 10. The quantitative estimate of drug-likeness (QED) is 0.644. The summed E-state index contributed by atoms with van der Waals surface area (Å²) >= 11 is 0. The van der Waals surface area contributed by atoms with Crippen molar-refractivity contribution in [3.63, 3.8) is 0 Å². The monoisotopic (exact) mass is 360 g/mol. The Morgan fingerprint density at radius 2 is 2.00 bits per heavy atom. The zero-order valence-electron chi connectivity index (χ0n) is 16.9. The number of nitriles is 1. The van der Waals surface area contributed by atoms with Gasteiger partial charge in [-0.25, -0.2) is 0 Å². The van der Waals surface area contributed by atoms with E-state index in [1.54, 1.807) is 18.2 Å². The second kappa shape index (κ2) is 10.2. The van der Waals surface area contributed by atoms with Gasteiger partial charge in [0.1, 0.15) is 17.4 Å². The molecule has 0 spiro atoms. The summed E-state index contributed by atoms with van der Waals surface area (Å²) in [5.74, 6) is 0.706. The Morgan fingerprint density at radius 1 is 1.31 bits per heavy atom. The van der Waals surface area contributed by atoms with Gasteiger partial charge in [0, 0.05) is 12.7 Å². The van der Waals surface area contributed by atoms with Crippen LogP contribution in [-0.4, -0.2) is 24.2 Å². The molecule has 0 aliphatic rings. The van der Waals surface area contributed by atoms with Gasteiger partial charge in [-0.1, -0.05) is 27.7 Å². The van der Waals surface area contributed by atoms with Crippen molar-refractivity contribution in [1.29, 1.82) is 5.26 Å². The zero-order valence-corrected chi connectivity index (χ0v) is 16.9. The van der Waals surface area contributed by atoms with Gasteiger partial charge >= 0.3 is 0 Å². The van der Waals surface area contributed by atoms with Crippen molar-refractivity contribution in [2.45, 2.75) is 72.5 Å². The molecule has 0 heterocycles. The zero-order chi connectivity index (χ0) is 19.7. The molecule has 144 valence electrons. The fourth-order valence-corrected chi connectivity index (χ4v) is 2.69. The Balaban J connectivity index is 3.00. The van der Waals surface area contributed by atoms with Gasteiger partial charge < -0.3 is 14.8 Å². The molecule has 0 saturated carbocycles. The maximum Gasteiger partial charge on any atom is 0.256 e. The van der Waals surface area contributed by atoms with Crippen LogP contribution in [0.25, 0.3) is 0 Å². The van der Waals surface area contributed by atoms with Crippen LogP contribution >= 0.6 is 0 Å². The first-order valence-corrected chi connectivity index (χ1v) is 9.41. The molecule has 1 aromatic rings. The molecule has 1 aromatic carbocycles. The first-order valence-electron chi connectivity index (χ1n) is 9.41. The summed E-state index contributed by atoms with van der Waals surface area (Å²) in [7, 11) is 0. The lowest BCUT2D eigenvalue weighted by atomic mass is 9.92. The van der Waals surface area contributed by atoms with Crippen molar-refractivity contribution in [2.75, 3.05) is 11.9 Å². The Hall–Kier alpha value is -2.06. The Labute approximate surface area is 157 Å². The highest BCUT2D eigenvalue weighted by atomic mass is 16.5. The molecule has 0 bridgehead atoms.